The van der Waals surface area contributed by atoms with Gasteiger partial charge in [0.15, 0.2) is 0 Å². The van der Waals surface area contributed by atoms with E-state index in [4.69, 9.17) is 5.10 Å². The van der Waals surface area contributed by atoms with E-state index in [9.17, 15) is 0 Å². The van der Waals surface area contributed by atoms with Crippen LogP contribution in [0, 0.1) is 0 Å². The zero-order chi connectivity index (χ0) is 19.2. The zero-order valence-electron chi connectivity index (χ0n) is 16.8. The van der Waals surface area contributed by atoms with Crippen LogP contribution in [0.15, 0.2) is 61.1 Å². The van der Waals surface area contributed by atoms with Crippen molar-refractivity contribution in [2.75, 3.05) is 0 Å². The second-order valence-corrected chi connectivity index (χ2v) is 9.08. The highest BCUT2D eigenvalue weighted by atomic mass is 15.3. The highest BCUT2D eigenvalue weighted by Crippen LogP contribution is 2.34. The van der Waals surface area contributed by atoms with Crippen molar-refractivity contribution in [3.8, 4) is 0 Å². The van der Waals surface area contributed by atoms with E-state index in [1.54, 1.807) is 0 Å². The number of pyridine rings is 1. The third-order valence-corrected chi connectivity index (χ3v) is 5.45. The summed E-state index contributed by atoms with van der Waals surface area (Å²) in [6, 6.07) is 15.1. The van der Waals surface area contributed by atoms with Crippen molar-refractivity contribution in [1.29, 1.82) is 0 Å². The molecule has 3 heteroatoms. The molecule has 0 spiro atoms. The molecule has 0 aliphatic rings. The smallest absolute Gasteiger partial charge is 0.0685 e. The van der Waals surface area contributed by atoms with Gasteiger partial charge in [-0.2, -0.15) is 5.10 Å². The molecule has 4 aromatic rings. The summed E-state index contributed by atoms with van der Waals surface area (Å²) in [5, 5.41) is 8.47. The first kappa shape index (κ1) is 17.7. The number of hydrogen-bond donors (Lipinski definition) is 0. The van der Waals surface area contributed by atoms with Gasteiger partial charge in [-0.1, -0.05) is 65.0 Å². The number of hydrogen-bond acceptors (Lipinski definition) is 2. The molecule has 0 N–H and O–H groups in total. The number of rotatable bonds is 3. The van der Waals surface area contributed by atoms with Crippen LogP contribution < -0.4 is 0 Å². The topological polar surface area (TPSA) is 30.7 Å². The molecule has 0 atom stereocenters. The average Bonchev–Trinajstić information content (AvgIpc) is 3.02. The molecule has 0 aliphatic heterocycles. The largest absolute Gasteiger partial charge is 0.264 e. The van der Waals surface area contributed by atoms with Gasteiger partial charge in [0.2, 0.25) is 0 Å². The number of benzene rings is 2. The van der Waals surface area contributed by atoms with Crippen LogP contribution in [0.25, 0.3) is 21.7 Å². The minimum atomic E-state index is -0.0580. The lowest BCUT2D eigenvalue weighted by molar-refractivity contribution is 0.419. The molecule has 0 radical (unpaired) electrons. The van der Waals surface area contributed by atoms with Crippen LogP contribution in [0.2, 0.25) is 0 Å². The Morgan fingerprint density at radius 1 is 0.815 bits per heavy atom. The zero-order valence-corrected chi connectivity index (χ0v) is 16.8. The van der Waals surface area contributed by atoms with Gasteiger partial charge < -0.3 is 0 Å². The normalized spacial score (nSPS) is 12.8. The molecule has 0 amide bonds. The monoisotopic (exact) mass is 357 g/mol. The Kier molecular flexibility index (Phi) is 4.06. The van der Waals surface area contributed by atoms with Gasteiger partial charge in [-0.3, -0.25) is 9.67 Å². The number of nitrogens with zero attached hydrogens (tertiary/aromatic N) is 3. The van der Waals surface area contributed by atoms with Gasteiger partial charge in [0.1, 0.15) is 0 Å². The van der Waals surface area contributed by atoms with Crippen molar-refractivity contribution >= 4 is 21.7 Å². The predicted octanol–water partition coefficient (Wildman–Crippen LogP) is 5.86. The third kappa shape index (κ3) is 3.12. The van der Waals surface area contributed by atoms with Crippen molar-refractivity contribution in [2.24, 2.45) is 0 Å². The molecule has 2 aromatic heterocycles. The Balaban J connectivity index is 1.79. The van der Waals surface area contributed by atoms with Gasteiger partial charge >= 0.3 is 0 Å². The molecule has 0 bridgehead atoms. The van der Waals surface area contributed by atoms with Crippen LogP contribution in [0.5, 0.6) is 0 Å². The molecule has 2 heterocycles. The van der Waals surface area contributed by atoms with E-state index in [0.717, 1.165) is 6.54 Å². The summed E-state index contributed by atoms with van der Waals surface area (Å²) in [6.07, 6.45) is 5.84. The van der Waals surface area contributed by atoms with Crippen molar-refractivity contribution < 1.29 is 0 Å². The first-order chi connectivity index (χ1) is 12.8. The Morgan fingerprint density at radius 2 is 1.56 bits per heavy atom. The number of fused-ring (bicyclic) bond motifs is 2. The van der Waals surface area contributed by atoms with E-state index >= 15 is 0 Å². The van der Waals surface area contributed by atoms with E-state index < -0.39 is 0 Å². The molecule has 4 rings (SSSR count). The van der Waals surface area contributed by atoms with E-state index in [1.807, 2.05) is 18.6 Å². The molecule has 0 unspecified atom stereocenters. The van der Waals surface area contributed by atoms with E-state index in [1.165, 1.54) is 32.8 Å². The Bertz CT molecular complexity index is 1110. The molecule has 0 aliphatic carbocycles. The fourth-order valence-electron chi connectivity index (χ4n) is 4.06. The summed E-state index contributed by atoms with van der Waals surface area (Å²) in [5.41, 5.74) is 3.93. The summed E-state index contributed by atoms with van der Waals surface area (Å²) in [5.74, 6) is 0. The maximum absolute atomic E-state index is 4.76. The summed E-state index contributed by atoms with van der Waals surface area (Å²) in [4.78, 5) is 4.27. The predicted molar refractivity (Wildman–Crippen MR) is 113 cm³/mol. The lowest BCUT2D eigenvalue weighted by Gasteiger charge is -2.27. The molecular weight excluding hydrogens is 330 g/mol. The average molecular weight is 358 g/mol. The molecule has 0 saturated carbocycles. The van der Waals surface area contributed by atoms with Gasteiger partial charge in [0.25, 0.3) is 0 Å². The Hall–Kier alpha value is -2.68. The quantitative estimate of drug-likeness (QED) is 0.460. The molecular formula is C24H27N3. The number of aromatic nitrogens is 3. The summed E-state index contributed by atoms with van der Waals surface area (Å²) < 4.78 is 2.16. The van der Waals surface area contributed by atoms with Gasteiger partial charge in [0.05, 0.1) is 18.3 Å². The molecule has 0 saturated heterocycles. The molecule has 0 fully saturated rings. The van der Waals surface area contributed by atoms with E-state index in [-0.39, 0.29) is 10.8 Å². The highest BCUT2D eigenvalue weighted by molar-refractivity contribution is 5.86. The lowest BCUT2D eigenvalue weighted by Crippen LogP contribution is -2.25. The first-order valence-corrected chi connectivity index (χ1v) is 9.56. The molecule has 3 nitrogen and oxygen atoms in total. The maximum atomic E-state index is 4.76. The SMILES string of the molecule is CC(C)(C)c1cccc2c1cnn2CC(C)(C)c1cccc2cnccc12. The third-order valence-electron chi connectivity index (χ3n) is 5.45. The second-order valence-electron chi connectivity index (χ2n) is 9.08. The van der Waals surface area contributed by atoms with Gasteiger partial charge in [0, 0.05) is 28.6 Å². The van der Waals surface area contributed by atoms with Crippen LogP contribution in [0.3, 0.4) is 0 Å². The van der Waals surface area contributed by atoms with Crippen LogP contribution in [-0.2, 0) is 17.4 Å². The van der Waals surface area contributed by atoms with Crippen LogP contribution in [0.4, 0.5) is 0 Å². The standard InChI is InChI=1S/C24H27N3/c1-23(2,3)20-9-7-11-22-19(20)15-26-27(22)16-24(4,5)21-10-6-8-17-14-25-13-12-18(17)21/h6-15H,16H2,1-5H3. The fraction of sp³-hybridized carbons (Fsp3) is 0.333. The minimum Gasteiger partial charge on any atom is -0.264 e. The van der Waals surface area contributed by atoms with E-state index in [2.05, 4.69) is 86.7 Å². The highest BCUT2D eigenvalue weighted by Gasteiger charge is 2.25. The molecule has 2 aromatic carbocycles. The summed E-state index contributed by atoms with van der Waals surface area (Å²) in [7, 11) is 0. The second kappa shape index (κ2) is 6.19. The minimum absolute atomic E-state index is 0.0580. The van der Waals surface area contributed by atoms with E-state index in [0.29, 0.717) is 0 Å². The molecule has 138 valence electrons. The van der Waals surface area contributed by atoms with Crippen LogP contribution in [-0.4, -0.2) is 14.8 Å². The van der Waals surface area contributed by atoms with Crippen LogP contribution in [0.1, 0.15) is 45.7 Å². The van der Waals surface area contributed by atoms with Gasteiger partial charge in [-0.05, 0) is 34.1 Å². The first-order valence-electron chi connectivity index (χ1n) is 9.56. The molecule has 27 heavy (non-hydrogen) atoms. The summed E-state index contributed by atoms with van der Waals surface area (Å²) in [6.45, 7) is 12.2. The van der Waals surface area contributed by atoms with Gasteiger partial charge in [-0.15, -0.1) is 0 Å². The maximum Gasteiger partial charge on any atom is 0.0685 e. The van der Waals surface area contributed by atoms with Crippen molar-refractivity contribution in [3.63, 3.8) is 0 Å². The summed E-state index contributed by atoms with van der Waals surface area (Å²) >= 11 is 0. The van der Waals surface area contributed by atoms with Crippen molar-refractivity contribution in [1.82, 2.24) is 14.8 Å². The Morgan fingerprint density at radius 3 is 2.33 bits per heavy atom. The fourth-order valence-corrected chi connectivity index (χ4v) is 4.06. The van der Waals surface area contributed by atoms with Gasteiger partial charge in [-0.25, -0.2) is 0 Å². The van der Waals surface area contributed by atoms with Crippen molar-refractivity contribution in [2.45, 2.75) is 52.0 Å². The Labute approximate surface area is 161 Å². The van der Waals surface area contributed by atoms with Crippen LogP contribution >= 0.6 is 0 Å². The lowest BCUT2D eigenvalue weighted by atomic mass is 9.82. The van der Waals surface area contributed by atoms with Crippen molar-refractivity contribution in [3.05, 3.63) is 72.2 Å².